The van der Waals surface area contributed by atoms with E-state index in [1.54, 1.807) is 6.92 Å². The van der Waals surface area contributed by atoms with Gasteiger partial charge in [0.05, 0.1) is 11.6 Å². The third kappa shape index (κ3) is 1.66. The summed E-state index contributed by atoms with van der Waals surface area (Å²) in [5.74, 6) is 0.359. The first-order valence-corrected chi connectivity index (χ1v) is 4.30. The topological polar surface area (TPSA) is 58.2 Å². The summed E-state index contributed by atoms with van der Waals surface area (Å²) in [5, 5.41) is 17.3. The zero-order chi connectivity index (χ0) is 9.42. The van der Waals surface area contributed by atoms with Gasteiger partial charge in [0.15, 0.2) is 0 Å². The Bertz CT molecular complexity index is 380. The first-order chi connectivity index (χ1) is 6.16. The summed E-state index contributed by atoms with van der Waals surface area (Å²) in [6.07, 6.45) is 3.81. The molecule has 2 N–H and O–H groups in total. The van der Waals surface area contributed by atoms with Gasteiger partial charge in [-0.25, -0.2) is 0 Å². The van der Waals surface area contributed by atoms with Crippen molar-refractivity contribution in [3.05, 3.63) is 23.2 Å². The molecule has 0 amide bonds. The quantitative estimate of drug-likeness (QED) is 0.668. The Morgan fingerprint density at radius 2 is 2.31 bits per heavy atom. The molecule has 0 atom stereocenters. The van der Waals surface area contributed by atoms with Crippen LogP contribution in [0.2, 0.25) is 0 Å². The van der Waals surface area contributed by atoms with E-state index >= 15 is 0 Å². The van der Waals surface area contributed by atoms with Crippen LogP contribution in [0.5, 0.6) is 5.88 Å². The van der Waals surface area contributed by atoms with Gasteiger partial charge in [0.25, 0.3) is 0 Å². The summed E-state index contributed by atoms with van der Waals surface area (Å²) < 4.78 is 6.32. The summed E-state index contributed by atoms with van der Waals surface area (Å²) in [7, 11) is 0. The Hall–Kier alpha value is -1.45. The highest BCUT2D eigenvalue weighted by Crippen LogP contribution is 2.25. The number of hydrogen-bond donors (Lipinski definition) is 2. The zero-order valence-corrected chi connectivity index (χ0v) is 7.45. The van der Waals surface area contributed by atoms with E-state index in [2.05, 4.69) is 0 Å². The molecule has 1 aliphatic carbocycles. The van der Waals surface area contributed by atoms with Gasteiger partial charge in [0, 0.05) is 6.07 Å². The molecular weight excluding hydrogens is 168 g/mol. The Morgan fingerprint density at radius 3 is 2.92 bits per heavy atom. The van der Waals surface area contributed by atoms with Crippen LogP contribution in [-0.2, 0) is 0 Å². The van der Waals surface area contributed by atoms with Crippen LogP contribution in [0, 0.1) is 12.3 Å². The molecule has 0 aromatic carbocycles. The lowest BCUT2D eigenvalue weighted by molar-refractivity contribution is 0.132. The second-order valence-corrected chi connectivity index (χ2v) is 3.37. The average molecular weight is 180 g/mol. The van der Waals surface area contributed by atoms with Crippen LogP contribution in [0.15, 0.2) is 12.3 Å². The van der Waals surface area contributed by atoms with E-state index in [4.69, 9.17) is 10.1 Å². The summed E-state index contributed by atoms with van der Waals surface area (Å²) in [6.45, 7) is 1.77. The maximum atomic E-state index is 9.40. The fourth-order valence-electron chi connectivity index (χ4n) is 1.06. The molecule has 0 saturated heterocycles. The van der Waals surface area contributed by atoms with Gasteiger partial charge in [0.1, 0.15) is 6.10 Å². The first-order valence-electron chi connectivity index (χ1n) is 4.30. The van der Waals surface area contributed by atoms with E-state index in [0.717, 1.165) is 23.1 Å². The highest BCUT2D eigenvalue weighted by molar-refractivity contribution is 5.17. The third-order valence-corrected chi connectivity index (χ3v) is 2.05. The van der Waals surface area contributed by atoms with E-state index in [0.29, 0.717) is 11.2 Å². The van der Waals surface area contributed by atoms with Crippen LogP contribution in [0.3, 0.4) is 0 Å². The van der Waals surface area contributed by atoms with Crippen molar-refractivity contribution in [2.45, 2.75) is 25.9 Å². The molecule has 0 bridgehead atoms. The molecule has 1 heterocycles. The number of nitrogens with one attached hydrogen (secondary N) is 1. The molecule has 13 heavy (non-hydrogen) atoms. The molecule has 1 saturated carbocycles. The van der Waals surface area contributed by atoms with Crippen molar-refractivity contribution in [2.75, 3.05) is 0 Å². The molecule has 4 nitrogen and oxygen atoms in total. The SMILES string of the molecule is Cc1cn(O)c(OC2CC2)cc1=N. The van der Waals surface area contributed by atoms with Gasteiger partial charge in [-0.3, -0.25) is 0 Å². The van der Waals surface area contributed by atoms with Crippen molar-refractivity contribution in [2.24, 2.45) is 0 Å². The average Bonchev–Trinajstić information content (AvgIpc) is 2.84. The van der Waals surface area contributed by atoms with Gasteiger partial charge in [-0.1, -0.05) is 0 Å². The Labute approximate surface area is 75.9 Å². The lowest BCUT2D eigenvalue weighted by Crippen LogP contribution is -2.12. The summed E-state index contributed by atoms with van der Waals surface area (Å²) in [5.41, 5.74) is 0.727. The molecule has 0 radical (unpaired) electrons. The van der Waals surface area contributed by atoms with Gasteiger partial charge in [-0.2, -0.15) is 4.73 Å². The fourth-order valence-corrected chi connectivity index (χ4v) is 1.06. The smallest absolute Gasteiger partial charge is 0.229 e. The molecule has 70 valence electrons. The van der Waals surface area contributed by atoms with Crippen LogP contribution >= 0.6 is 0 Å². The Kier molecular flexibility index (Phi) is 1.76. The normalized spacial score (nSPS) is 15.8. The lowest BCUT2D eigenvalue weighted by Gasteiger charge is -2.08. The standard InChI is InChI=1S/C9H12N2O2/c1-6-5-11(12)9(4-8(6)10)13-7-2-3-7/h4-5,7,10,12H,2-3H2,1H3. The number of aromatic nitrogens is 1. The third-order valence-electron chi connectivity index (χ3n) is 2.05. The number of aryl methyl sites for hydroxylation is 1. The van der Waals surface area contributed by atoms with Gasteiger partial charge in [-0.05, 0) is 25.3 Å². The van der Waals surface area contributed by atoms with Crippen LogP contribution < -0.4 is 10.1 Å². The van der Waals surface area contributed by atoms with Crippen molar-refractivity contribution < 1.29 is 9.94 Å². The minimum absolute atomic E-state index is 0.237. The number of hydrogen-bond acceptors (Lipinski definition) is 3. The molecular formula is C9H12N2O2. The minimum atomic E-state index is 0.237. The monoisotopic (exact) mass is 180 g/mol. The zero-order valence-electron chi connectivity index (χ0n) is 7.45. The molecule has 1 fully saturated rings. The largest absolute Gasteiger partial charge is 0.473 e. The summed E-state index contributed by atoms with van der Waals surface area (Å²) in [4.78, 5) is 0. The highest BCUT2D eigenvalue weighted by atomic mass is 16.6. The van der Waals surface area contributed by atoms with Gasteiger partial charge >= 0.3 is 0 Å². The van der Waals surface area contributed by atoms with E-state index in [1.807, 2.05) is 0 Å². The minimum Gasteiger partial charge on any atom is -0.473 e. The van der Waals surface area contributed by atoms with E-state index in [1.165, 1.54) is 12.3 Å². The number of nitrogens with zero attached hydrogens (tertiary/aromatic N) is 1. The summed E-state index contributed by atoms with van der Waals surface area (Å²) >= 11 is 0. The van der Waals surface area contributed by atoms with Crippen molar-refractivity contribution in [1.82, 2.24) is 4.73 Å². The Balaban J connectivity index is 2.33. The number of rotatable bonds is 2. The summed E-state index contributed by atoms with van der Waals surface area (Å²) in [6, 6.07) is 1.54. The van der Waals surface area contributed by atoms with E-state index in [-0.39, 0.29) is 6.10 Å². The van der Waals surface area contributed by atoms with Crippen LogP contribution in [0.4, 0.5) is 0 Å². The number of ether oxygens (including phenoxy) is 1. The molecule has 1 aromatic heterocycles. The second kappa shape index (κ2) is 2.80. The predicted molar refractivity (Wildman–Crippen MR) is 45.9 cm³/mol. The first kappa shape index (κ1) is 8.16. The van der Waals surface area contributed by atoms with Crippen LogP contribution in [0.25, 0.3) is 0 Å². The maximum Gasteiger partial charge on any atom is 0.229 e. The highest BCUT2D eigenvalue weighted by Gasteiger charge is 2.24. The lowest BCUT2D eigenvalue weighted by atomic mass is 10.3. The molecule has 0 aliphatic heterocycles. The number of pyridine rings is 1. The molecule has 2 rings (SSSR count). The maximum absolute atomic E-state index is 9.40. The van der Waals surface area contributed by atoms with E-state index < -0.39 is 0 Å². The Morgan fingerprint density at radius 1 is 1.62 bits per heavy atom. The second-order valence-electron chi connectivity index (χ2n) is 3.37. The molecule has 1 aliphatic rings. The van der Waals surface area contributed by atoms with E-state index in [9.17, 15) is 5.21 Å². The van der Waals surface area contributed by atoms with Gasteiger partial charge < -0.3 is 15.4 Å². The van der Waals surface area contributed by atoms with Crippen molar-refractivity contribution in [3.8, 4) is 5.88 Å². The molecule has 4 heteroatoms. The van der Waals surface area contributed by atoms with Crippen molar-refractivity contribution in [3.63, 3.8) is 0 Å². The van der Waals surface area contributed by atoms with Gasteiger partial charge in [-0.15, -0.1) is 0 Å². The van der Waals surface area contributed by atoms with Gasteiger partial charge in [0.2, 0.25) is 5.88 Å². The molecule has 1 aromatic rings. The van der Waals surface area contributed by atoms with Crippen LogP contribution in [0.1, 0.15) is 18.4 Å². The van der Waals surface area contributed by atoms with Crippen molar-refractivity contribution in [1.29, 1.82) is 5.41 Å². The fraction of sp³-hybridized carbons (Fsp3) is 0.444. The predicted octanol–water partition coefficient (Wildman–Crippen LogP) is 1.05. The molecule has 0 spiro atoms. The van der Waals surface area contributed by atoms with Crippen molar-refractivity contribution >= 4 is 0 Å². The van der Waals surface area contributed by atoms with Crippen LogP contribution in [-0.4, -0.2) is 16.0 Å². The molecule has 0 unspecified atom stereocenters.